The van der Waals surface area contributed by atoms with E-state index in [-0.39, 0.29) is 5.41 Å². The first-order valence-corrected chi connectivity index (χ1v) is 10.4. The fourth-order valence-electron chi connectivity index (χ4n) is 3.42. The second-order valence-electron chi connectivity index (χ2n) is 8.78. The Morgan fingerprint density at radius 1 is 0.935 bits per heavy atom. The van der Waals surface area contributed by atoms with E-state index in [0.29, 0.717) is 16.7 Å². The molecule has 162 valence electrons. The van der Waals surface area contributed by atoms with Gasteiger partial charge in [0.1, 0.15) is 12.5 Å². The van der Waals surface area contributed by atoms with Crippen molar-refractivity contribution in [1.82, 2.24) is 0 Å². The molecule has 0 radical (unpaired) electrons. The van der Waals surface area contributed by atoms with Crippen LogP contribution in [-0.4, -0.2) is 12.6 Å². The number of alkyl halides is 1. The molecule has 2 nitrogen and oxygen atoms in total. The molecule has 3 aromatic rings. The number of rotatable bonds is 6. The average molecular weight is 423 g/mol. The van der Waals surface area contributed by atoms with E-state index in [4.69, 9.17) is 4.74 Å². The molecule has 0 heterocycles. The molecule has 0 bridgehead atoms. The smallest absolute Gasteiger partial charge is 0.313 e. The summed E-state index contributed by atoms with van der Waals surface area (Å²) in [6.45, 7) is 7.10. The van der Waals surface area contributed by atoms with Crippen molar-refractivity contribution in [3.8, 4) is 11.1 Å². The van der Waals surface area contributed by atoms with Gasteiger partial charge in [-0.15, -0.1) is 0 Å². The topological polar surface area (TPSA) is 26.3 Å². The second kappa shape index (κ2) is 9.42. The van der Waals surface area contributed by atoms with Gasteiger partial charge >= 0.3 is 5.97 Å². The molecule has 3 aromatic carbocycles. The summed E-state index contributed by atoms with van der Waals surface area (Å²) in [5, 5.41) is 0. The van der Waals surface area contributed by atoms with Crippen LogP contribution in [-0.2, 0) is 14.9 Å². The lowest BCUT2D eigenvalue weighted by molar-refractivity contribution is -0.151. The summed E-state index contributed by atoms with van der Waals surface area (Å²) >= 11 is 0. The molecule has 0 N–H and O–H groups in total. The third kappa shape index (κ3) is 5.38. The van der Waals surface area contributed by atoms with Gasteiger partial charge in [0.05, 0.1) is 5.92 Å². The zero-order valence-corrected chi connectivity index (χ0v) is 18.4. The number of carbonyl (C=O) groups is 1. The largest absolute Gasteiger partial charge is 0.454 e. The molecule has 0 aromatic heterocycles. The highest BCUT2D eigenvalue weighted by atomic mass is 19.1. The van der Waals surface area contributed by atoms with Crippen molar-refractivity contribution < 1.29 is 18.3 Å². The Kier molecular flexibility index (Phi) is 6.89. The Morgan fingerprint density at radius 3 is 2.10 bits per heavy atom. The molecule has 0 saturated carbocycles. The maximum absolute atomic E-state index is 14.7. The molecule has 0 spiro atoms. The van der Waals surface area contributed by atoms with E-state index in [0.717, 1.165) is 11.1 Å². The van der Waals surface area contributed by atoms with E-state index >= 15 is 0 Å². The highest BCUT2D eigenvalue weighted by Crippen LogP contribution is 2.29. The molecule has 2 unspecified atom stereocenters. The third-order valence-electron chi connectivity index (χ3n) is 5.48. The standard InChI is InChI=1S/C27H28F2O2/c1-18(21-12-15-23(24(29)16-21)19-8-6-5-7-9-19)26(30)31-25(17-28)20-10-13-22(14-11-20)27(2,3)4/h5-16,18,25H,17H2,1-4H3. The van der Waals surface area contributed by atoms with Crippen LogP contribution in [0.4, 0.5) is 8.78 Å². The highest BCUT2D eigenvalue weighted by molar-refractivity contribution is 5.78. The number of halogens is 2. The van der Waals surface area contributed by atoms with Crippen molar-refractivity contribution in [3.05, 3.63) is 95.3 Å². The Morgan fingerprint density at radius 2 is 1.55 bits per heavy atom. The number of ether oxygens (including phenoxy) is 1. The van der Waals surface area contributed by atoms with Gasteiger partial charge in [0.15, 0.2) is 6.10 Å². The fraction of sp³-hybridized carbons (Fsp3) is 0.296. The van der Waals surface area contributed by atoms with Crippen LogP contribution in [0.2, 0.25) is 0 Å². The molecule has 0 aliphatic rings. The molecular weight excluding hydrogens is 394 g/mol. The van der Waals surface area contributed by atoms with E-state index in [9.17, 15) is 13.6 Å². The number of carbonyl (C=O) groups excluding carboxylic acids is 1. The van der Waals surface area contributed by atoms with Crippen molar-refractivity contribution in [1.29, 1.82) is 0 Å². The van der Waals surface area contributed by atoms with E-state index in [1.807, 2.05) is 42.5 Å². The lowest BCUT2D eigenvalue weighted by atomic mass is 9.86. The van der Waals surface area contributed by atoms with Crippen molar-refractivity contribution >= 4 is 5.97 Å². The monoisotopic (exact) mass is 422 g/mol. The molecule has 31 heavy (non-hydrogen) atoms. The van der Waals surface area contributed by atoms with Gasteiger partial charge in [0.2, 0.25) is 0 Å². The van der Waals surface area contributed by atoms with Gasteiger partial charge in [-0.3, -0.25) is 4.79 Å². The Bertz CT molecular complexity index is 1020. The molecule has 4 heteroatoms. The summed E-state index contributed by atoms with van der Waals surface area (Å²) in [7, 11) is 0. The second-order valence-corrected chi connectivity index (χ2v) is 8.78. The molecule has 0 aliphatic heterocycles. The first kappa shape index (κ1) is 22.7. The molecule has 3 rings (SSSR count). The number of hydrogen-bond donors (Lipinski definition) is 0. The molecule has 0 aliphatic carbocycles. The summed E-state index contributed by atoms with van der Waals surface area (Å²) in [4.78, 5) is 12.7. The molecule has 0 fully saturated rings. The Labute approximate surface area is 182 Å². The predicted octanol–water partition coefficient (Wildman–Crippen LogP) is 7.15. The summed E-state index contributed by atoms with van der Waals surface area (Å²) in [6, 6.07) is 21.3. The highest BCUT2D eigenvalue weighted by Gasteiger charge is 2.24. The van der Waals surface area contributed by atoms with E-state index < -0.39 is 30.5 Å². The molecule has 0 saturated heterocycles. The van der Waals surface area contributed by atoms with Crippen LogP contribution in [0.15, 0.2) is 72.8 Å². The van der Waals surface area contributed by atoms with Crippen molar-refractivity contribution in [2.24, 2.45) is 0 Å². The van der Waals surface area contributed by atoms with Crippen molar-refractivity contribution in [3.63, 3.8) is 0 Å². The zero-order chi connectivity index (χ0) is 22.6. The van der Waals surface area contributed by atoms with Gasteiger partial charge in [-0.2, -0.15) is 0 Å². The summed E-state index contributed by atoms with van der Waals surface area (Å²) in [5.41, 5.74) is 3.40. The predicted molar refractivity (Wildman–Crippen MR) is 120 cm³/mol. The van der Waals surface area contributed by atoms with E-state index in [1.54, 1.807) is 31.2 Å². The summed E-state index contributed by atoms with van der Waals surface area (Å²) < 4.78 is 33.8. The molecule has 2 atom stereocenters. The number of esters is 1. The van der Waals surface area contributed by atoms with Crippen molar-refractivity contribution in [2.45, 2.75) is 45.1 Å². The molecular formula is C27H28F2O2. The number of hydrogen-bond acceptors (Lipinski definition) is 2. The normalized spacial score (nSPS) is 13.5. The van der Waals surface area contributed by atoms with Crippen LogP contribution in [0, 0.1) is 5.82 Å². The minimum Gasteiger partial charge on any atom is -0.454 e. The quantitative estimate of drug-likeness (QED) is 0.394. The number of benzene rings is 3. The maximum Gasteiger partial charge on any atom is 0.313 e. The lowest BCUT2D eigenvalue weighted by Gasteiger charge is -2.22. The van der Waals surface area contributed by atoms with Crippen molar-refractivity contribution in [2.75, 3.05) is 6.67 Å². The lowest BCUT2D eigenvalue weighted by Crippen LogP contribution is -2.19. The van der Waals surface area contributed by atoms with Crippen LogP contribution in [0.5, 0.6) is 0 Å². The van der Waals surface area contributed by atoms with Gasteiger partial charge in [0, 0.05) is 5.56 Å². The van der Waals surface area contributed by atoms with Crippen LogP contribution in [0.3, 0.4) is 0 Å². The Hall–Kier alpha value is -3.01. The zero-order valence-electron chi connectivity index (χ0n) is 18.4. The first-order valence-electron chi connectivity index (χ1n) is 10.4. The minimum absolute atomic E-state index is 0.0229. The molecule has 0 amide bonds. The van der Waals surface area contributed by atoms with Crippen LogP contribution >= 0.6 is 0 Å². The van der Waals surface area contributed by atoms with Gasteiger partial charge < -0.3 is 4.74 Å². The maximum atomic E-state index is 14.7. The van der Waals surface area contributed by atoms with Crippen LogP contribution in [0.1, 0.15) is 56.4 Å². The van der Waals surface area contributed by atoms with Gasteiger partial charge in [-0.1, -0.05) is 87.5 Å². The Balaban J connectivity index is 1.74. The van der Waals surface area contributed by atoms with Gasteiger partial charge in [-0.05, 0) is 40.7 Å². The van der Waals surface area contributed by atoms with Crippen LogP contribution in [0.25, 0.3) is 11.1 Å². The van der Waals surface area contributed by atoms with E-state index in [1.165, 1.54) is 6.07 Å². The first-order chi connectivity index (χ1) is 14.7. The third-order valence-corrected chi connectivity index (χ3v) is 5.48. The van der Waals surface area contributed by atoms with Crippen LogP contribution < -0.4 is 0 Å². The van der Waals surface area contributed by atoms with Gasteiger partial charge in [0.25, 0.3) is 0 Å². The summed E-state index contributed by atoms with van der Waals surface area (Å²) in [6.07, 6.45) is -0.989. The SMILES string of the molecule is CC(C(=O)OC(CF)c1ccc(C(C)(C)C)cc1)c1ccc(-c2ccccc2)c(F)c1. The fourth-order valence-corrected chi connectivity index (χ4v) is 3.42. The van der Waals surface area contributed by atoms with Gasteiger partial charge in [-0.25, -0.2) is 8.78 Å². The summed E-state index contributed by atoms with van der Waals surface area (Å²) in [5.74, 6) is -1.72. The minimum atomic E-state index is -0.989. The average Bonchev–Trinajstić information content (AvgIpc) is 2.76. The van der Waals surface area contributed by atoms with E-state index in [2.05, 4.69) is 20.8 Å².